The Morgan fingerprint density at radius 3 is 2.94 bits per heavy atom. The summed E-state index contributed by atoms with van der Waals surface area (Å²) in [4.78, 5) is 22.7. The molecule has 3 aliphatic heterocycles. The zero-order valence-corrected chi connectivity index (χ0v) is 18.7. The van der Waals surface area contributed by atoms with Crippen LogP contribution in [0.4, 0.5) is 5.82 Å². The molecule has 1 amide bonds. The maximum atomic E-state index is 13.6. The highest BCUT2D eigenvalue weighted by atomic mass is 16.7. The Kier molecular flexibility index (Phi) is 4.86. The number of carbonyl (C=O) groups excluding carboxylic acids is 1. The summed E-state index contributed by atoms with van der Waals surface area (Å²) in [5.41, 5.74) is 9.39. The molecule has 0 radical (unpaired) electrons. The molecular weight excluding hydrogens is 420 g/mol. The molecule has 9 heteroatoms. The van der Waals surface area contributed by atoms with Gasteiger partial charge in [0.1, 0.15) is 5.82 Å². The van der Waals surface area contributed by atoms with Crippen molar-refractivity contribution in [3.8, 4) is 11.5 Å². The molecule has 172 valence electrons. The maximum absolute atomic E-state index is 13.6. The van der Waals surface area contributed by atoms with Crippen LogP contribution in [0, 0.1) is 6.92 Å². The highest BCUT2D eigenvalue weighted by Gasteiger charge is 2.34. The molecular formula is C24H28N6O3. The summed E-state index contributed by atoms with van der Waals surface area (Å²) in [7, 11) is 0. The van der Waals surface area contributed by atoms with Crippen LogP contribution < -0.4 is 20.1 Å². The summed E-state index contributed by atoms with van der Waals surface area (Å²) in [6, 6.07) is 7.58. The molecule has 0 unspecified atom stereocenters. The van der Waals surface area contributed by atoms with Gasteiger partial charge < -0.3 is 25.0 Å². The third-order valence-electron chi connectivity index (χ3n) is 6.88. The van der Waals surface area contributed by atoms with E-state index in [4.69, 9.17) is 25.3 Å². The third kappa shape index (κ3) is 3.47. The lowest BCUT2D eigenvalue weighted by atomic mass is 9.98. The second-order valence-corrected chi connectivity index (χ2v) is 9.16. The first-order chi connectivity index (χ1) is 16.1. The van der Waals surface area contributed by atoms with Crippen molar-refractivity contribution in [1.82, 2.24) is 19.5 Å². The standard InChI is InChI=1S/C24H28N6O3/c1-15-12-30-21(26-23(15)28-10-8-16(25)13-28)11-18(27-30)19-6-2-3-9-29(19)24(31)17-5-4-7-20-22(17)33-14-32-20/h4-5,7,11-12,16,19H,2-3,6,8-10,13-14,25H2,1H3/t16-,19-/m0/s1. The fraction of sp³-hybridized carbons (Fsp3) is 0.458. The van der Waals surface area contributed by atoms with Crippen LogP contribution in [0.2, 0.25) is 0 Å². The smallest absolute Gasteiger partial charge is 0.258 e. The molecule has 0 saturated carbocycles. The lowest BCUT2D eigenvalue weighted by Gasteiger charge is -2.35. The van der Waals surface area contributed by atoms with E-state index in [2.05, 4.69) is 11.8 Å². The lowest BCUT2D eigenvalue weighted by molar-refractivity contribution is 0.0601. The van der Waals surface area contributed by atoms with E-state index < -0.39 is 0 Å². The van der Waals surface area contributed by atoms with Gasteiger partial charge in [-0.3, -0.25) is 4.79 Å². The average Bonchev–Trinajstić information content (AvgIpc) is 3.57. The van der Waals surface area contributed by atoms with Gasteiger partial charge in [0, 0.05) is 43.5 Å². The SMILES string of the molecule is Cc1cn2nc([C@@H]3CCCCN3C(=O)c3cccc4c3OCO4)cc2nc1N1CC[C@H](N)C1. The molecule has 33 heavy (non-hydrogen) atoms. The number of nitrogens with two attached hydrogens (primary N) is 1. The summed E-state index contributed by atoms with van der Waals surface area (Å²) in [6.07, 6.45) is 5.90. The third-order valence-corrected chi connectivity index (χ3v) is 6.88. The topological polar surface area (TPSA) is 98.2 Å². The minimum atomic E-state index is -0.102. The number of likely N-dealkylation sites (tertiary alicyclic amines) is 1. The molecule has 9 nitrogen and oxygen atoms in total. The zero-order chi connectivity index (χ0) is 22.5. The molecule has 0 aliphatic carbocycles. The molecule has 2 atom stereocenters. The molecule has 5 heterocycles. The van der Waals surface area contributed by atoms with Crippen molar-refractivity contribution in [2.75, 3.05) is 31.3 Å². The van der Waals surface area contributed by atoms with E-state index in [0.29, 0.717) is 23.6 Å². The summed E-state index contributed by atoms with van der Waals surface area (Å²) in [5, 5.41) is 4.84. The van der Waals surface area contributed by atoms with Gasteiger partial charge in [-0.2, -0.15) is 5.10 Å². The zero-order valence-electron chi connectivity index (χ0n) is 18.7. The number of piperidine rings is 1. The largest absolute Gasteiger partial charge is 0.454 e. The predicted molar refractivity (Wildman–Crippen MR) is 123 cm³/mol. The van der Waals surface area contributed by atoms with E-state index in [9.17, 15) is 4.79 Å². The molecule has 0 spiro atoms. The van der Waals surface area contributed by atoms with Gasteiger partial charge in [-0.1, -0.05) is 6.07 Å². The average molecular weight is 449 g/mol. The van der Waals surface area contributed by atoms with Crippen LogP contribution in [0.3, 0.4) is 0 Å². The van der Waals surface area contributed by atoms with E-state index in [-0.39, 0.29) is 24.8 Å². The summed E-state index contributed by atoms with van der Waals surface area (Å²) < 4.78 is 12.9. The van der Waals surface area contributed by atoms with Crippen molar-refractivity contribution in [2.24, 2.45) is 5.73 Å². The monoisotopic (exact) mass is 448 g/mol. The van der Waals surface area contributed by atoms with E-state index in [1.165, 1.54) is 0 Å². The van der Waals surface area contributed by atoms with Gasteiger partial charge in [0.15, 0.2) is 17.1 Å². The summed E-state index contributed by atoms with van der Waals surface area (Å²) in [6.45, 7) is 4.63. The number of aromatic nitrogens is 3. The number of para-hydroxylation sites is 1. The van der Waals surface area contributed by atoms with Gasteiger partial charge >= 0.3 is 0 Å². The minimum absolute atomic E-state index is 0.0463. The second-order valence-electron chi connectivity index (χ2n) is 9.16. The van der Waals surface area contributed by atoms with Crippen LogP contribution in [-0.4, -0.2) is 57.9 Å². The number of fused-ring (bicyclic) bond motifs is 2. The summed E-state index contributed by atoms with van der Waals surface area (Å²) >= 11 is 0. The molecule has 3 aliphatic rings. The molecule has 2 N–H and O–H groups in total. The molecule has 0 bridgehead atoms. The van der Waals surface area contributed by atoms with Crippen molar-refractivity contribution in [2.45, 2.75) is 44.7 Å². The van der Waals surface area contributed by atoms with Gasteiger partial charge in [-0.15, -0.1) is 0 Å². The van der Waals surface area contributed by atoms with Crippen molar-refractivity contribution in [1.29, 1.82) is 0 Å². The number of carbonyl (C=O) groups is 1. The van der Waals surface area contributed by atoms with Crippen molar-refractivity contribution < 1.29 is 14.3 Å². The Hall–Kier alpha value is -3.33. The number of hydrogen-bond donors (Lipinski definition) is 1. The van der Waals surface area contributed by atoms with E-state index in [1.807, 2.05) is 39.9 Å². The van der Waals surface area contributed by atoms with Gasteiger partial charge in [-0.25, -0.2) is 9.50 Å². The van der Waals surface area contributed by atoms with Crippen LogP contribution in [0.15, 0.2) is 30.5 Å². The molecule has 2 saturated heterocycles. The number of anilines is 1. The van der Waals surface area contributed by atoms with Gasteiger partial charge in [-0.05, 0) is 44.7 Å². The number of aryl methyl sites for hydroxylation is 1. The lowest BCUT2D eigenvalue weighted by Crippen LogP contribution is -2.38. The Bertz CT molecular complexity index is 1220. The van der Waals surface area contributed by atoms with Crippen molar-refractivity contribution in [3.05, 3.63) is 47.3 Å². The number of hydrogen-bond acceptors (Lipinski definition) is 7. The normalized spacial score (nSPS) is 22.4. The predicted octanol–water partition coefficient (Wildman–Crippen LogP) is 2.67. The van der Waals surface area contributed by atoms with Gasteiger partial charge in [0.2, 0.25) is 6.79 Å². The molecule has 2 fully saturated rings. The summed E-state index contributed by atoms with van der Waals surface area (Å²) in [5.74, 6) is 2.08. The number of amides is 1. The van der Waals surface area contributed by atoms with E-state index in [1.54, 1.807) is 0 Å². The van der Waals surface area contributed by atoms with Crippen LogP contribution in [0.5, 0.6) is 11.5 Å². The number of ether oxygens (including phenoxy) is 2. The van der Waals surface area contributed by atoms with Crippen molar-refractivity contribution in [3.63, 3.8) is 0 Å². The first-order valence-electron chi connectivity index (χ1n) is 11.7. The van der Waals surface area contributed by atoms with Crippen LogP contribution in [-0.2, 0) is 0 Å². The Labute approximate surface area is 192 Å². The molecule has 1 aromatic carbocycles. The van der Waals surface area contributed by atoms with Crippen LogP contribution in [0.25, 0.3) is 5.65 Å². The molecule has 2 aromatic heterocycles. The second kappa shape index (κ2) is 7.91. The highest BCUT2D eigenvalue weighted by Crippen LogP contribution is 2.39. The number of benzene rings is 1. The molecule has 3 aromatic rings. The highest BCUT2D eigenvalue weighted by molar-refractivity contribution is 5.98. The van der Waals surface area contributed by atoms with Crippen LogP contribution >= 0.6 is 0 Å². The van der Waals surface area contributed by atoms with E-state index in [0.717, 1.165) is 61.5 Å². The Balaban J connectivity index is 1.33. The fourth-order valence-corrected chi connectivity index (χ4v) is 5.22. The maximum Gasteiger partial charge on any atom is 0.258 e. The number of nitrogens with zero attached hydrogens (tertiary/aromatic N) is 5. The van der Waals surface area contributed by atoms with Gasteiger partial charge in [0.05, 0.1) is 17.3 Å². The van der Waals surface area contributed by atoms with Gasteiger partial charge in [0.25, 0.3) is 5.91 Å². The number of rotatable bonds is 3. The first-order valence-corrected chi connectivity index (χ1v) is 11.7. The quantitative estimate of drug-likeness (QED) is 0.658. The van der Waals surface area contributed by atoms with Crippen molar-refractivity contribution >= 4 is 17.4 Å². The Morgan fingerprint density at radius 1 is 1.18 bits per heavy atom. The fourth-order valence-electron chi connectivity index (χ4n) is 5.22. The Morgan fingerprint density at radius 2 is 2.09 bits per heavy atom. The molecule has 6 rings (SSSR count). The van der Waals surface area contributed by atoms with E-state index >= 15 is 0 Å². The van der Waals surface area contributed by atoms with Crippen LogP contribution in [0.1, 0.15) is 53.3 Å². The minimum Gasteiger partial charge on any atom is -0.454 e. The first kappa shape index (κ1) is 20.3.